The minimum atomic E-state index is -0.467. The highest BCUT2D eigenvalue weighted by Crippen LogP contribution is 2.53. The van der Waals surface area contributed by atoms with E-state index in [0.29, 0.717) is 16.2 Å². The van der Waals surface area contributed by atoms with E-state index in [2.05, 4.69) is 61.6 Å². The van der Waals surface area contributed by atoms with Crippen LogP contribution in [0.15, 0.2) is 0 Å². The van der Waals surface area contributed by atoms with E-state index < -0.39 is 8.80 Å². The van der Waals surface area contributed by atoms with Crippen LogP contribution in [0.2, 0.25) is 19.1 Å². The lowest BCUT2D eigenvalue weighted by Gasteiger charge is -2.51. The Labute approximate surface area is 93.1 Å². The lowest BCUT2D eigenvalue weighted by Crippen LogP contribution is -2.44. The molecule has 0 N–H and O–H groups in total. The fraction of sp³-hybridized carbons (Fsp3) is 1.00. The van der Waals surface area contributed by atoms with Gasteiger partial charge in [-0.1, -0.05) is 67.6 Å². The summed E-state index contributed by atoms with van der Waals surface area (Å²) >= 11 is 0. The van der Waals surface area contributed by atoms with Crippen LogP contribution in [0.25, 0.3) is 0 Å². The summed E-state index contributed by atoms with van der Waals surface area (Å²) < 4.78 is 0. The van der Waals surface area contributed by atoms with Gasteiger partial charge >= 0.3 is 0 Å². The second-order valence-corrected chi connectivity index (χ2v) is 10.6. The quantitative estimate of drug-likeness (QED) is 0.604. The van der Waals surface area contributed by atoms with Crippen molar-refractivity contribution >= 4 is 8.80 Å². The Kier molecular flexibility index (Phi) is 4.06. The number of rotatable bonds is 3. The van der Waals surface area contributed by atoms with Crippen LogP contribution < -0.4 is 0 Å². The molecule has 0 nitrogen and oxygen atoms in total. The van der Waals surface area contributed by atoms with E-state index in [1.807, 2.05) is 0 Å². The summed E-state index contributed by atoms with van der Waals surface area (Å²) in [4.78, 5) is 0. The number of hydrogen-bond donors (Lipinski definition) is 0. The molecule has 0 aromatic rings. The Morgan fingerprint density at radius 1 is 0.786 bits per heavy atom. The van der Waals surface area contributed by atoms with Crippen LogP contribution in [-0.2, 0) is 0 Å². The van der Waals surface area contributed by atoms with Gasteiger partial charge in [-0.15, -0.1) is 0 Å². The summed E-state index contributed by atoms with van der Waals surface area (Å²) in [5, 5.41) is 0. The molecule has 0 aromatic heterocycles. The van der Waals surface area contributed by atoms with E-state index in [9.17, 15) is 0 Å². The predicted molar refractivity (Wildman–Crippen MR) is 70.7 cm³/mol. The molecule has 0 radical (unpaired) electrons. The largest absolute Gasteiger partial charge is 0.0722 e. The van der Waals surface area contributed by atoms with E-state index in [1.165, 1.54) is 6.04 Å². The lowest BCUT2D eigenvalue weighted by atomic mass is 9.56. The highest BCUT2D eigenvalue weighted by Gasteiger charge is 2.45. The fourth-order valence-electron chi connectivity index (χ4n) is 2.29. The standard InChI is InChI=1S/C13H30Si/c1-11(2,3)13(6,7)12(4,5)10-14(8)9/h14H,10H2,1-9H3. The van der Waals surface area contributed by atoms with Crippen LogP contribution in [0.3, 0.4) is 0 Å². The maximum absolute atomic E-state index is 2.46. The molecule has 0 aliphatic rings. The molecule has 0 saturated heterocycles. The first-order chi connectivity index (χ1) is 5.92. The van der Waals surface area contributed by atoms with Gasteiger partial charge in [-0.3, -0.25) is 0 Å². The van der Waals surface area contributed by atoms with Crippen LogP contribution in [0.4, 0.5) is 0 Å². The molecule has 0 heterocycles. The van der Waals surface area contributed by atoms with Gasteiger partial charge in [0.25, 0.3) is 0 Å². The van der Waals surface area contributed by atoms with Gasteiger partial charge in [-0.2, -0.15) is 0 Å². The Morgan fingerprint density at radius 3 is 1.36 bits per heavy atom. The molecule has 0 rings (SSSR count). The summed E-state index contributed by atoms with van der Waals surface area (Å²) in [5.41, 5.74) is 1.25. The molecule has 14 heavy (non-hydrogen) atoms. The lowest BCUT2D eigenvalue weighted by molar-refractivity contribution is 0.00544. The Bertz CT molecular complexity index is 182. The monoisotopic (exact) mass is 214 g/mol. The molecule has 0 fully saturated rings. The SMILES string of the molecule is C[SiH](C)CC(C)(C)C(C)(C)C(C)(C)C. The third-order valence-electron chi connectivity index (χ3n) is 4.49. The van der Waals surface area contributed by atoms with Crippen LogP contribution >= 0.6 is 0 Å². The first-order valence-corrected chi connectivity index (χ1v) is 9.04. The smallest absolute Gasteiger partial charge is 0.0311 e. The zero-order valence-electron chi connectivity index (χ0n) is 11.8. The Balaban J connectivity index is 4.88. The minimum Gasteiger partial charge on any atom is -0.0722 e. The topological polar surface area (TPSA) is 0 Å². The van der Waals surface area contributed by atoms with Crippen molar-refractivity contribution in [1.29, 1.82) is 0 Å². The molecule has 0 aliphatic carbocycles. The van der Waals surface area contributed by atoms with Gasteiger partial charge < -0.3 is 0 Å². The highest BCUT2D eigenvalue weighted by molar-refractivity contribution is 6.55. The predicted octanol–water partition coefficient (Wildman–Crippen LogP) is 4.57. The molecule has 0 bridgehead atoms. The molecule has 0 aliphatic heterocycles. The third-order valence-corrected chi connectivity index (χ3v) is 6.32. The van der Waals surface area contributed by atoms with E-state index >= 15 is 0 Å². The van der Waals surface area contributed by atoms with Crippen LogP contribution in [0.1, 0.15) is 48.5 Å². The van der Waals surface area contributed by atoms with Gasteiger partial charge in [0.1, 0.15) is 0 Å². The fourth-order valence-corrected chi connectivity index (χ4v) is 4.84. The van der Waals surface area contributed by atoms with E-state index in [4.69, 9.17) is 0 Å². The van der Waals surface area contributed by atoms with Crippen molar-refractivity contribution < 1.29 is 0 Å². The van der Waals surface area contributed by atoms with Crippen molar-refractivity contribution in [3.05, 3.63) is 0 Å². The van der Waals surface area contributed by atoms with Gasteiger partial charge in [-0.05, 0) is 16.2 Å². The Hall–Kier alpha value is 0.217. The van der Waals surface area contributed by atoms with Crippen LogP contribution in [0, 0.1) is 16.2 Å². The summed E-state index contributed by atoms with van der Waals surface area (Å²) in [5.74, 6) is 0. The first-order valence-electron chi connectivity index (χ1n) is 5.92. The molecule has 1 heteroatoms. The molecule has 0 aromatic carbocycles. The van der Waals surface area contributed by atoms with Gasteiger partial charge in [-0.25, -0.2) is 0 Å². The van der Waals surface area contributed by atoms with E-state index in [-0.39, 0.29) is 0 Å². The molecule has 0 saturated carbocycles. The molecular weight excluding hydrogens is 184 g/mol. The van der Waals surface area contributed by atoms with Crippen molar-refractivity contribution in [2.45, 2.75) is 67.6 Å². The molecule has 0 spiro atoms. The highest BCUT2D eigenvalue weighted by atomic mass is 28.3. The van der Waals surface area contributed by atoms with E-state index in [0.717, 1.165) is 0 Å². The van der Waals surface area contributed by atoms with Crippen molar-refractivity contribution in [3.8, 4) is 0 Å². The van der Waals surface area contributed by atoms with Gasteiger partial charge in [0, 0.05) is 8.80 Å². The second kappa shape index (κ2) is 4.00. The molecular formula is C13H30Si. The van der Waals surface area contributed by atoms with Crippen LogP contribution in [0.5, 0.6) is 0 Å². The Morgan fingerprint density at radius 2 is 1.14 bits per heavy atom. The molecule has 86 valence electrons. The maximum atomic E-state index is 2.46. The minimum absolute atomic E-state index is 0.389. The summed E-state index contributed by atoms with van der Waals surface area (Å²) in [6.07, 6.45) is 0. The zero-order chi connectivity index (χ0) is 11.8. The second-order valence-electron chi connectivity index (χ2n) is 7.36. The maximum Gasteiger partial charge on any atom is 0.0311 e. The number of hydrogen-bond acceptors (Lipinski definition) is 0. The van der Waals surface area contributed by atoms with Crippen molar-refractivity contribution in [3.63, 3.8) is 0 Å². The van der Waals surface area contributed by atoms with Crippen molar-refractivity contribution in [1.82, 2.24) is 0 Å². The molecule has 0 atom stereocenters. The van der Waals surface area contributed by atoms with Crippen LogP contribution in [-0.4, -0.2) is 8.80 Å². The van der Waals surface area contributed by atoms with Gasteiger partial charge in [0.2, 0.25) is 0 Å². The average Bonchev–Trinajstić information content (AvgIpc) is 1.80. The van der Waals surface area contributed by atoms with Crippen molar-refractivity contribution in [2.75, 3.05) is 0 Å². The van der Waals surface area contributed by atoms with E-state index in [1.54, 1.807) is 0 Å². The first kappa shape index (κ1) is 14.2. The third kappa shape index (κ3) is 2.85. The zero-order valence-corrected chi connectivity index (χ0v) is 12.9. The normalized spacial score (nSPS) is 15.0. The molecule has 0 unspecified atom stereocenters. The summed E-state index contributed by atoms with van der Waals surface area (Å²) in [7, 11) is -0.467. The summed E-state index contributed by atoms with van der Waals surface area (Å²) in [6.45, 7) is 21.8. The van der Waals surface area contributed by atoms with Gasteiger partial charge in [0.15, 0.2) is 0 Å². The van der Waals surface area contributed by atoms with Gasteiger partial charge in [0.05, 0.1) is 0 Å². The summed E-state index contributed by atoms with van der Waals surface area (Å²) in [6, 6.07) is 1.44. The van der Waals surface area contributed by atoms with Crippen molar-refractivity contribution in [2.24, 2.45) is 16.2 Å². The molecule has 0 amide bonds. The average molecular weight is 214 g/mol.